The average Bonchev–Trinajstić information content (AvgIpc) is 2.77. The standard InChI is InChI=1S/C28H44O6/c1-4-5-6-7-8-9-17-25(33-22(2)29)18-12-10-15-24-16-11-13-19-26(24)27(34-23(3)30)20-14-21-28(31)32/h10-13,15,18,24-27H,4-9,14,16-17,19-21H2,1-3H3,(H,31,32)/b15-10+,18-12+/t24-,25?,26-,27?/m0/s1. The van der Waals surface area contributed by atoms with Gasteiger partial charge in [-0.1, -0.05) is 69.4 Å². The van der Waals surface area contributed by atoms with E-state index in [-0.39, 0.29) is 42.4 Å². The number of carbonyl (C=O) groups excluding carboxylic acids is 2. The lowest BCUT2D eigenvalue weighted by Crippen LogP contribution is -2.32. The number of carboxylic acid groups (broad SMARTS) is 1. The Morgan fingerprint density at radius 3 is 2.26 bits per heavy atom. The van der Waals surface area contributed by atoms with Gasteiger partial charge in [-0.25, -0.2) is 0 Å². The molecule has 0 radical (unpaired) electrons. The lowest BCUT2D eigenvalue weighted by molar-refractivity contribution is -0.150. The first-order valence-electron chi connectivity index (χ1n) is 12.9. The predicted octanol–water partition coefficient (Wildman–Crippen LogP) is 6.55. The topological polar surface area (TPSA) is 89.9 Å². The van der Waals surface area contributed by atoms with Crippen LogP contribution in [0, 0.1) is 11.8 Å². The molecule has 1 N–H and O–H groups in total. The summed E-state index contributed by atoms with van der Waals surface area (Å²) in [7, 11) is 0. The maximum Gasteiger partial charge on any atom is 0.303 e. The Labute approximate surface area is 205 Å². The molecule has 34 heavy (non-hydrogen) atoms. The smallest absolute Gasteiger partial charge is 0.303 e. The van der Waals surface area contributed by atoms with Gasteiger partial charge in [0, 0.05) is 26.2 Å². The Morgan fingerprint density at radius 2 is 1.59 bits per heavy atom. The van der Waals surface area contributed by atoms with Gasteiger partial charge in [0.05, 0.1) is 0 Å². The molecule has 0 amide bonds. The number of esters is 2. The van der Waals surface area contributed by atoms with Crippen molar-refractivity contribution in [1.82, 2.24) is 0 Å². The fourth-order valence-corrected chi connectivity index (χ4v) is 4.46. The minimum atomic E-state index is -0.838. The summed E-state index contributed by atoms with van der Waals surface area (Å²) >= 11 is 0. The Balaban J connectivity index is 2.70. The molecule has 0 aromatic rings. The second-order valence-corrected chi connectivity index (χ2v) is 9.18. The van der Waals surface area contributed by atoms with Gasteiger partial charge < -0.3 is 14.6 Å². The third kappa shape index (κ3) is 14.0. The fourth-order valence-electron chi connectivity index (χ4n) is 4.46. The zero-order chi connectivity index (χ0) is 25.2. The third-order valence-corrected chi connectivity index (χ3v) is 6.16. The van der Waals surface area contributed by atoms with Crippen molar-refractivity contribution in [1.29, 1.82) is 0 Å². The highest BCUT2D eigenvalue weighted by Gasteiger charge is 2.30. The summed E-state index contributed by atoms with van der Waals surface area (Å²) in [5, 5.41) is 8.95. The molecule has 0 bridgehead atoms. The summed E-state index contributed by atoms with van der Waals surface area (Å²) in [5.41, 5.74) is 0. The summed E-state index contributed by atoms with van der Waals surface area (Å²) in [6.45, 7) is 5.04. The van der Waals surface area contributed by atoms with Crippen molar-refractivity contribution in [2.45, 2.75) is 110 Å². The van der Waals surface area contributed by atoms with Crippen LogP contribution in [0.2, 0.25) is 0 Å². The molecular formula is C28H44O6. The second-order valence-electron chi connectivity index (χ2n) is 9.18. The van der Waals surface area contributed by atoms with Gasteiger partial charge in [0.25, 0.3) is 0 Å². The molecule has 1 aliphatic carbocycles. The molecule has 6 nitrogen and oxygen atoms in total. The zero-order valence-corrected chi connectivity index (χ0v) is 21.2. The van der Waals surface area contributed by atoms with E-state index < -0.39 is 5.97 Å². The SMILES string of the molecule is CCCCCCCCC(/C=C/C=C/[C@H]1CC=CC[C@@H]1C(CCCC(=O)O)OC(C)=O)OC(C)=O. The molecule has 192 valence electrons. The maximum atomic E-state index is 11.7. The van der Waals surface area contributed by atoms with Gasteiger partial charge in [0.2, 0.25) is 0 Å². The van der Waals surface area contributed by atoms with E-state index in [2.05, 4.69) is 25.2 Å². The van der Waals surface area contributed by atoms with Crippen LogP contribution >= 0.6 is 0 Å². The van der Waals surface area contributed by atoms with Gasteiger partial charge in [-0.05, 0) is 50.5 Å². The number of aliphatic carboxylic acids is 1. The van der Waals surface area contributed by atoms with E-state index in [0.29, 0.717) is 12.8 Å². The van der Waals surface area contributed by atoms with Crippen molar-refractivity contribution in [2.24, 2.45) is 11.8 Å². The summed E-state index contributed by atoms with van der Waals surface area (Å²) in [4.78, 5) is 34.0. The van der Waals surface area contributed by atoms with Crippen molar-refractivity contribution in [2.75, 3.05) is 0 Å². The number of carboxylic acids is 1. The van der Waals surface area contributed by atoms with Gasteiger partial charge >= 0.3 is 17.9 Å². The van der Waals surface area contributed by atoms with Crippen LogP contribution in [0.5, 0.6) is 0 Å². The van der Waals surface area contributed by atoms with E-state index >= 15 is 0 Å². The summed E-state index contributed by atoms with van der Waals surface area (Å²) < 4.78 is 11.1. The quantitative estimate of drug-likeness (QED) is 0.111. The fraction of sp³-hybridized carbons (Fsp3) is 0.679. The van der Waals surface area contributed by atoms with Gasteiger partial charge in [-0.15, -0.1) is 0 Å². The van der Waals surface area contributed by atoms with Crippen LogP contribution in [-0.2, 0) is 23.9 Å². The normalized spacial score (nSPS) is 19.9. The molecule has 1 aliphatic rings. The average molecular weight is 477 g/mol. The van der Waals surface area contributed by atoms with Crippen molar-refractivity contribution in [3.8, 4) is 0 Å². The number of rotatable bonds is 17. The third-order valence-electron chi connectivity index (χ3n) is 6.16. The van der Waals surface area contributed by atoms with Crippen molar-refractivity contribution in [3.05, 3.63) is 36.5 Å². The van der Waals surface area contributed by atoms with E-state index in [1.165, 1.54) is 39.5 Å². The van der Waals surface area contributed by atoms with Gasteiger partial charge in [-0.3, -0.25) is 14.4 Å². The highest BCUT2D eigenvalue weighted by molar-refractivity contribution is 5.67. The van der Waals surface area contributed by atoms with Crippen molar-refractivity contribution < 1.29 is 29.0 Å². The molecule has 4 atom stereocenters. The van der Waals surface area contributed by atoms with E-state index in [4.69, 9.17) is 14.6 Å². The van der Waals surface area contributed by atoms with Crippen LogP contribution in [-0.4, -0.2) is 35.2 Å². The summed E-state index contributed by atoms with van der Waals surface area (Å²) in [6, 6.07) is 0. The molecule has 0 saturated heterocycles. The van der Waals surface area contributed by atoms with Gasteiger partial charge in [0.15, 0.2) is 0 Å². The molecule has 0 heterocycles. The number of unbranched alkanes of at least 4 members (excludes halogenated alkanes) is 5. The van der Waals surface area contributed by atoms with E-state index in [0.717, 1.165) is 32.1 Å². The Bertz CT molecular complexity index is 693. The van der Waals surface area contributed by atoms with Crippen molar-refractivity contribution in [3.63, 3.8) is 0 Å². The number of allylic oxidation sites excluding steroid dienone is 5. The number of hydrogen-bond donors (Lipinski definition) is 1. The molecule has 0 aliphatic heterocycles. The monoisotopic (exact) mass is 476 g/mol. The molecular weight excluding hydrogens is 432 g/mol. The minimum Gasteiger partial charge on any atom is -0.481 e. The first-order chi connectivity index (χ1) is 16.3. The van der Waals surface area contributed by atoms with Crippen LogP contribution in [0.3, 0.4) is 0 Å². The number of ether oxygens (including phenoxy) is 2. The van der Waals surface area contributed by atoms with Crippen LogP contribution in [0.1, 0.15) is 97.8 Å². The van der Waals surface area contributed by atoms with Crippen LogP contribution < -0.4 is 0 Å². The van der Waals surface area contributed by atoms with E-state index in [9.17, 15) is 14.4 Å². The molecule has 0 aromatic carbocycles. The molecule has 0 fully saturated rings. The highest BCUT2D eigenvalue weighted by atomic mass is 16.5. The second kappa shape index (κ2) is 18.0. The predicted molar refractivity (Wildman–Crippen MR) is 134 cm³/mol. The highest BCUT2D eigenvalue weighted by Crippen LogP contribution is 2.33. The molecule has 0 saturated carbocycles. The Morgan fingerprint density at radius 1 is 0.912 bits per heavy atom. The van der Waals surface area contributed by atoms with Crippen molar-refractivity contribution >= 4 is 17.9 Å². The Kier molecular flexibility index (Phi) is 15.7. The molecule has 6 heteroatoms. The zero-order valence-electron chi connectivity index (χ0n) is 21.2. The van der Waals surface area contributed by atoms with Crippen LogP contribution in [0.4, 0.5) is 0 Å². The lowest BCUT2D eigenvalue weighted by Gasteiger charge is -2.33. The molecule has 1 rings (SSSR count). The largest absolute Gasteiger partial charge is 0.481 e. The maximum absolute atomic E-state index is 11.7. The number of carbonyl (C=O) groups is 3. The van der Waals surface area contributed by atoms with Gasteiger partial charge in [0.1, 0.15) is 12.2 Å². The van der Waals surface area contributed by atoms with Crippen LogP contribution in [0.25, 0.3) is 0 Å². The summed E-state index contributed by atoms with van der Waals surface area (Å²) in [6.07, 6.45) is 22.4. The van der Waals surface area contributed by atoms with E-state index in [1.807, 2.05) is 18.2 Å². The minimum absolute atomic E-state index is 0.0692. The Hall–Kier alpha value is -2.37. The summed E-state index contributed by atoms with van der Waals surface area (Å²) in [5.74, 6) is -1.15. The number of hydrogen-bond acceptors (Lipinski definition) is 5. The first kappa shape index (κ1) is 29.7. The molecule has 0 aromatic heterocycles. The first-order valence-corrected chi connectivity index (χ1v) is 12.9. The van der Waals surface area contributed by atoms with E-state index in [1.54, 1.807) is 0 Å². The van der Waals surface area contributed by atoms with Crippen LogP contribution in [0.15, 0.2) is 36.5 Å². The molecule has 2 unspecified atom stereocenters. The lowest BCUT2D eigenvalue weighted by atomic mass is 9.78. The molecule has 0 spiro atoms. The van der Waals surface area contributed by atoms with Gasteiger partial charge in [-0.2, -0.15) is 0 Å².